The molecular weight excluding hydrogens is 334 g/mol. The van der Waals surface area contributed by atoms with Crippen molar-refractivity contribution in [3.8, 4) is 0 Å². The van der Waals surface area contributed by atoms with Crippen molar-refractivity contribution in [3.63, 3.8) is 0 Å². The highest BCUT2D eigenvalue weighted by Gasteiger charge is 2.37. The summed E-state index contributed by atoms with van der Waals surface area (Å²) < 4.78 is 27.3. The Hall–Kier alpha value is -1.37. The number of hydrogen-bond donors (Lipinski definition) is 0. The normalized spacial score (nSPS) is 18.7. The number of rotatable bonds is 3. The summed E-state index contributed by atoms with van der Waals surface area (Å²) in [4.78, 5) is 0.287. The van der Waals surface area contributed by atoms with Crippen LogP contribution >= 0.6 is 24.0 Å². The van der Waals surface area contributed by atoms with Gasteiger partial charge in [-0.3, -0.25) is 0 Å². The molecule has 3 nitrogen and oxygen atoms in total. The molecule has 1 heterocycles. The van der Waals surface area contributed by atoms with Crippen LogP contribution in [0.25, 0.3) is 0 Å². The Morgan fingerprint density at radius 1 is 1.09 bits per heavy atom. The Labute approximate surface area is 140 Å². The van der Waals surface area contributed by atoms with E-state index in [0.717, 1.165) is 11.1 Å². The highest BCUT2D eigenvalue weighted by Crippen LogP contribution is 2.40. The van der Waals surface area contributed by atoms with Gasteiger partial charge in [-0.1, -0.05) is 72.0 Å². The Bertz CT molecular complexity index is 786. The van der Waals surface area contributed by atoms with Gasteiger partial charge in [0.25, 0.3) is 10.0 Å². The molecule has 1 aliphatic heterocycles. The molecule has 0 aliphatic carbocycles. The van der Waals surface area contributed by atoms with Crippen molar-refractivity contribution in [2.75, 3.05) is 6.54 Å². The van der Waals surface area contributed by atoms with Gasteiger partial charge in [0.15, 0.2) is 4.32 Å². The lowest BCUT2D eigenvalue weighted by Crippen LogP contribution is -2.31. The maximum absolute atomic E-state index is 12.8. The summed E-state index contributed by atoms with van der Waals surface area (Å²) in [5.74, 6) is 0. The molecule has 0 saturated carbocycles. The minimum atomic E-state index is -3.57. The van der Waals surface area contributed by atoms with Crippen molar-refractivity contribution in [1.82, 2.24) is 4.31 Å². The van der Waals surface area contributed by atoms with Crippen molar-refractivity contribution in [1.29, 1.82) is 0 Å². The van der Waals surface area contributed by atoms with Crippen LogP contribution in [0.3, 0.4) is 0 Å². The number of thioether (sulfide) groups is 1. The molecule has 1 saturated heterocycles. The molecular formula is C16H15NO2S3. The highest BCUT2D eigenvalue weighted by molar-refractivity contribution is 8.24. The summed E-state index contributed by atoms with van der Waals surface area (Å²) in [6, 6.07) is 16.7. The van der Waals surface area contributed by atoms with Crippen LogP contribution in [0.1, 0.15) is 16.4 Å². The van der Waals surface area contributed by atoms with Gasteiger partial charge in [-0.05, 0) is 24.6 Å². The average molecular weight is 350 g/mol. The second kappa shape index (κ2) is 6.02. The number of thiocarbonyl (C=S) groups is 1. The standard InChI is InChI=1S/C16H15NO2S3/c1-12-7-9-14(10-8-12)22(18,19)17-11-15(21-16(17)20)13-5-3-2-4-6-13/h2-10,15H,11H2,1H3. The summed E-state index contributed by atoms with van der Waals surface area (Å²) in [7, 11) is -3.57. The fourth-order valence-electron chi connectivity index (χ4n) is 2.32. The van der Waals surface area contributed by atoms with Crippen LogP contribution in [0.2, 0.25) is 0 Å². The number of hydrogen-bond acceptors (Lipinski definition) is 4. The fraction of sp³-hybridized carbons (Fsp3) is 0.188. The average Bonchev–Trinajstić information content (AvgIpc) is 2.91. The molecule has 1 aliphatic rings. The summed E-state index contributed by atoms with van der Waals surface area (Å²) in [6.45, 7) is 2.31. The van der Waals surface area contributed by atoms with Gasteiger partial charge in [-0.25, -0.2) is 12.7 Å². The minimum absolute atomic E-state index is 0.0499. The van der Waals surface area contributed by atoms with Gasteiger partial charge in [-0.15, -0.1) is 0 Å². The monoisotopic (exact) mass is 349 g/mol. The summed E-state index contributed by atoms with van der Waals surface area (Å²) >= 11 is 6.73. The van der Waals surface area contributed by atoms with Crippen molar-refractivity contribution in [2.45, 2.75) is 17.1 Å². The van der Waals surface area contributed by atoms with Crippen LogP contribution in [0.5, 0.6) is 0 Å². The lowest BCUT2D eigenvalue weighted by atomic mass is 10.1. The van der Waals surface area contributed by atoms with Crippen LogP contribution in [0, 0.1) is 6.92 Å². The molecule has 2 aromatic rings. The molecule has 0 bridgehead atoms. The van der Waals surface area contributed by atoms with Crippen molar-refractivity contribution in [2.24, 2.45) is 0 Å². The number of nitrogens with zero attached hydrogens (tertiary/aromatic N) is 1. The molecule has 0 amide bonds. The molecule has 0 spiro atoms. The summed E-state index contributed by atoms with van der Waals surface area (Å²) in [5, 5.41) is 0.0499. The summed E-state index contributed by atoms with van der Waals surface area (Å²) in [6.07, 6.45) is 0. The van der Waals surface area contributed by atoms with E-state index in [9.17, 15) is 8.42 Å². The second-order valence-corrected chi connectivity index (χ2v) is 8.83. The van der Waals surface area contributed by atoms with E-state index in [1.807, 2.05) is 37.3 Å². The molecule has 3 rings (SSSR count). The van der Waals surface area contributed by atoms with Crippen LogP contribution < -0.4 is 0 Å². The van der Waals surface area contributed by atoms with E-state index in [1.54, 1.807) is 24.3 Å². The molecule has 1 fully saturated rings. The predicted molar refractivity (Wildman–Crippen MR) is 94.4 cm³/mol. The lowest BCUT2D eigenvalue weighted by molar-refractivity contribution is 0.531. The Kier molecular flexibility index (Phi) is 4.25. The lowest BCUT2D eigenvalue weighted by Gasteiger charge is -2.18. The van der Waals surface area contributed by atoms with E-state index < -0.39 is 10.0 Å². The Balaban J connectivity index is 1.89. The third-order valence-electron chi connectivity index (χ3n) is 3.56. The SMILES string of the molecule is Cc1ccc(S(=O)(=O)N2CC(c3ccccc3)SC2=S)cc1. The maximum atomic E-state index is 12.8. The molecule has 2 aromatic carbocycles. The van der Waals surface area contributed by atoms with Crippen LogP contribution in [0.15, 0.2) is 59.5 Å². The van der Waals surface area contributed by atoms with Gasteiger partial charge >= 0.3 is 0 Å². The van der Waals surface area contributed by atoms with E-state index in [0.29, 0.717) is 10.9 Å². The third kappa shape index (κ3) is 2.91. The van der Waals surface area contributed by atoms with Gasteiger partial charge in [0.05, 0.1) is 16.7 Å². The maximum Gasteiger partial charge on any atom is 0.265 e. The zero-order valence-electron chi connectivity index (χ0n) is 12.0. The van der Waals surface area contributed by atoms with Crippen LogP contribution in [0.4, 0.5) is 0 Å². The Morgan fingerprint density at radius 3 is 2.36 bits per heavy atom. The van der Waals surface area contributed by atoms with Crippen LogP contribution in [-0.2, 0) is 10.0 Å². The van der Waals surface area contributed by atoms with Gasteiger partial charge in [0.2, 0.25) is 0 Å². The molecule has 1 unspecified atom stereocenters. The van der Waals surface area contributed by atoms with Crippen molar-refractivity contribution < 1.29 is 8.42 Å². The molecule has 0 aromatic heterocycles. The van der Waals surface area contributed by atoms with E-state index in [1.165, 1.54) is 16.1 Å². The van der Waals surface area contributed by atoms with E-state index in [2.05, 4.69) is 0 Å². The largest absolute Gasteiger partial charge is 0.265 e. The van der Waals surface area contributed by atoms with Crippen molar-refractivity contribution >= 4 is 38.3 Å². The van der Waals surface area contributed by atoms with E-state index in [-0.39, 0.29) is 10.1 Å². The molecule has 22 heavy (non-hydrogen) atoms. The van der Waals surface area contributed by atoms with E-state index >= 15 is 0 Å². The third-order valence-corrected chi connectivity index (χ3v) is 7.21. The quantitative estimate of drug-likeness (QED) is 0.791. The minimum Gasteiger partial charge on any atom is -0.249 e. The first-order chi connectivity index (χ1) is 10.5. The smallest absolute Gasteiger partial charge is 0.249 e. The van der Waals surface area contributed by atoms with Gasteiger partial charge in [0.1, 0.15) is 0 Å². The Morgan fingerprint density at radius 2 is 1.73 bits per heavy atom. The van der Waals surface area contributed by atoms with E-state index in [4.69, 9.17) is 12.2 Å². The molecule has 6 heteroatoms. The first-order valence-electron chi connectivity index (χ1n) is 6.83. The molecule has 1 atom stereocenters. The predicted octanol–water partition coefficient (Wildman–Crippen LogP) is 3.76. The van der Waals surface area contributed by atoms with Gasteiger partial charge in [0, 0.05) is 0 Å². The topological polar surface area (TPSA) is 37.4 Å². The highest BCUT2D eigenvalue weighted by atomic mass is 32.2. The number of sulfonamides is 1. The van der Waals surface area contributed by atoms with Crippen molar-refractivity contribution in [3.05, 3.63) is 65.7 Å². The second-order valence-electron chi connectivity index (χ2n) is 5.13. The first kappa shape index (κ1) is 15.5. The van der Waals surface area contributed by atoms with Gasteiger partial charge < -0.3 is 0 Å². The number of aryl methyl sites for hydroxylation is 1. The van der Waals surface area contributed by atoms with Crippen LogP contribution in [-0.4, -0.2) is 23.6 Å². The summed E-state index contributed by atoms with van der Waals surface area (Å²) in [5.41, 5.74) is 2.12. The molecule has 114 valence electrons. The zero-order valence-corrected chi connectivity index (χ0v) is 14.4. The number of benzene rings is 2. The fourth-order valence-corrected chi connectivity index (χ4v) is 5.78. The van der Waals surface area contributed by atoms with Gasteiger partial charge in [-0.2, -0.15) is 0 Å². The zero-order chi connectivity index (χ0) is 15.7. The molecule has 0 radical (unpaired) electrons. The molecule has 0 N–H and O–H groups in total. The first-order valence-corrected chi connectivity index (χ1v) is 9.56.